The Morgan fingerprint density at radius 1 is 1.16 bits per heavy atom. The van der Waals surface area contributed by atoms with E-state index in [9.17, 15) is 4.79 Å². The van der Waals surface area contributed by atoms with Gasteiger partial charge in [0.2, 0.25) is 0 Å². The van der Waals surface area contributed by atoms with Crippen LogP contribution in [0.3, 0.4) is 0 Å². The number of ether oxygens (including phenoxy) is 1. The van der Waals surface area contributed by atoms with Crippen molar-refractivity contribution in [3.8, 4) is 5.75 Å². The summed E-state index contributed by atoms with van der Waals surface area (Å²) in [5.74, 6) is 1.99. The highest BCUT2D eigenvalue weighted by molar-refractivity contribution is 5.94. The number of methoxy groups -OCH3 is 1. The molecule has 0 spiro atoms. The van der Waals surface area contributed by atoms with E-state index in [0.717, 1.165) is 11.3 Å². The highest BCUT2D eigenvalue weighted by Crippen LogP contribution is 2.13. The molecular formula is C19H19N3O3. The molecular weight excluding hydrogens is 318 g/mol. The summed E-state index contributed by atoms with van der Waals surface area (Å²) >= 11 is 0. The summed E-state index contributed by atoms with van der Waals surface area (Å²) in [5, 5.41) is 6.03. The van der Waals surface area contributed by atoms with Gasteiger partial charge in [0.05, 0.1) is 19.9 Å². The number of nitrogens with zero attached hydrogens (tertiary/aromatic N) is 1. The second-order valence-corrected chi connectivity index (χ2v) is 5.39. The zero-order chi connectivity index (χ0) is 17.5. The third-order valence-corrected chi connectivity index (χ3v) is 3.66. The smallest absolute Gasteiger partial charge is 0.251 e. The number of hydrogen-bond acceptors (Lipinski definition) is 5. The van der Waals surface area contributed by atoms with Gasteiger partial charge in [0.1, 0.15) is 17.3 Å². The fraction of sp³-hybridized carbons (Fsp3) is 0.158. The quantitative estimate of drug-likeness (QED) is 0.692. The van der Waals surface area contributed by atoms with Crippen molar-refractivity contribution < 1.29 is 13.9 Å². The molecule has 6 nitrogen and oxygen atoms in total. The first-order valence-corrected chi connectivity index (χ1v) is 7.88. The Bertz CT molecular complexity index is 814. The Kier molecular flexibility index (Phi) is 5.31. The van der Waals surface area contributed by atoms with E-state index in [4.69, 9.17) is 9.15 Å². The van der Waals surface area contributed by atoms with Crippen LogP contribution >= 0.6 is 0 Å². The molecule has 6 heteroatoms. The van der Waals surface area contributed by atoms with E-state index >= 15 is 0 Å². The summed E-state index contributed by atoms with van der Waals surface area (Å²) < 4.78 is 10.3. The molecule has 1 amide bonds. The number of furan rings is 1. The predicted octanol–water partition coefficient (Wildman–Crippen LogP) is 3.23. The van der Waals surface area contributed by atoms with Gasteiger partial charge in [-0.1, -0.05) is 12.1 Å². The highest BCUT2D eigenvalue weighted by atomic mass is 16.5. The first-order chi connectivity index (χ1) is 12.2. The Morgan fingerprint density at radius 3 is 2.72 bits per heavy atom. The number of anilines is 1. The summed E-state index contributed by atoms with van der Waals surface area (Å²) in [6.07, 6.45) is 3.19. The number of benzene rings is 1. The second kappa shape index (κ2) is 8.01. The number of amides is 1. The second-order valence-electron chi connectivity index (χ2n) is 5.39. The van der Waals surface area contributed by atoms with Crippen LogP contribution in [0.25, 0.3) is 0 Å². The van der Waals surface area contributed by atoms with Crippen LogP contribution in [0.5, 0.6) is 5.75 Å². The lowest BCUT2D eigenvalue weighted by Gasteiger charge is -2.08. The number of carbonyl (C=O) groups is 1. The minimum Gasteiger partial charge on any atom is -0.497 e. The van der Waals surface area contributed by atoms with Crippen LogP contribution in [-0.4, -0.2) is 18.0 Å². The molecule has 3 rings (SSSR count). The van der Waals surface area contributed by atoms with Gasteiger partial charge in [-0.15, -0.1) is 0 Å². The lowest BCUT2D eigenvalue weighted by atomic mass is 10.2. The zero-order valence-corrected chi connectivity index (χ0v) is 13.9. The van der Waals surface area contributed by atoms with E-state index in [1.807, 2.05) is 30.3 Å². The number of hydrogen-bond donors (Lipinski definition) is 2. The summed E-state index contributed by atoms with van der Waals surface area (Å²) in [6.45, 7) is 0.956. The molecule has 0 aliphatic carbocycles. The molecule has 0 saturated heterocycles. The maximum atomic E-state index is 12.2. The van der Waals surface area contributed by atoms with E-state index < -0.39 is 0 Å². The van der Waals surface area contributed by atoms with Gasteiger partial charge < -0.3 is 19.8 Å². The Balaban J connectivity index is 1.57. The van der Waals surface area contributed by atoms with E-state index in [2.05, 4.69) is 15.6 Å². The maximum Gasteiger partial charge on any atom is 0.251 e. The molecule has 128 valence electrons. The van der Waals surface area contributed by atoms with Crippen molar-refractivity contribution in [1.29, 1.82) is 0 Å². The molecule has 2 N–H and O–H groups in total. The molecule has 0 radical (unpaired) electrons. The Morgan fingerprint density at radius 2 is 2.00 bits per heavy atom. The zero-order valence-electron chi connectivity index (χ0n) is 13.9. The van der Waals surface area contributed by atoms with Crippen molar-refractivity contribution in [1.82, 2.24) is 10.3 Å². The van der Waals surface area contributed by atoms with Crippen molar-refractivity contribution in [3.05, 3.63) is 77.9 Å². The molecule has 2 aromatic heterocycles. The van der Waals surface area contributed by atoms with Crippen LogP contribution in [0.2, 0.25) is 0 Å². The summed E-state index contributed by atoms with van der Waals surface area (Å²) in [7, 11) is 1.64. The van der Waals surface area contributed by atoms with Gasteiger partial charge in [0, 0.05) is 18.3 Å². The molecule has 0 unspecified atom stereocenters. The Labute approximate surface area is 145 Å². The largest absolute Gasteiger partial charge is 0.497 e. The van der Waals surface area contributed by atoms with Crippen molar-refractivity contribution >= 4 is 11.7 Å². The summed E-state index contributed by atoms with van der Waals surface area (Å²) in [5.41, 5.74) is 1.63. The topological polar surface area (TPSA) is 76.4 Å². The van der Waals surface area contributed by atoms with E-state index in [0.29, 0.717) is 30.2 Å². The van der Waals surface area contributed by atoms with Crippen LogP contribution in [0, 0.1) is 0 Å². The Hall–Kier alpha value is -3.28. The van der Waals surface area contributed by atoms with Crippen molar-refractivity contribution in [3.63, 3.8) is 0 Å². The van der Waals surface area contributed by atoms with Gasteiger partial charge in [-0.3, -0.25) is 4.79 Å². The number of nitrogens with one attached hydrogen (secondary N) is 2. The standard InChI is InChI=1S/C19H19N3O3/c1-24-16-6-4-14(5-7-16)12-21-18-11-15(8-9-20-18)19(23)22-13-17-3-2-10-25-17/h2-11H,12-13H2,1H3,(H,20,21)(H,22,23). The molecule has 3 aromatic rings. The molecule has 2 heterocycles. The third kappa shape index (κ3) is 4.60. The number of rotatable bonds is 7. The first kappa shape index (κ1) is 16.6. The van der Waals surface area contributed by atoms with Gasteiger partial charge >= 0.3 is 0 Å². The monoisotopic (exact) mass is 337 g/mol. The number of pyridine rings is 1. The van der Waals surface area contributed by atoms with Crippen LogP contribution in [0.1, 0.15) is 21.7 Å². The van der Waals surface area contributed by atoms with E-state index in [-0.39, 0.29) is 5.91 Å². The molecule has 0 aliphatic heterocycles. The summed E-state index contributed by atoms with van der Waals surface area (Å²) in [6, 6.07) is 14.8. The molecule has 0 aliphatic rings. The molecule has 1 aromatic carbocycles. The number of aromatic nitrogens is 1. The molecule has 0 atom stereocenters. The van der Waals surface area contributed by atoms with Crippen LogP contribution in [0.15, 0.2) is 65.4 Å². The van der Waals surface area contributed by atoms with Crippen LogP contribution < -0.4 is 15.4 Å². The SMILES string of the molecule is COc1ccc(CNc2cc(C(=O)NCc3ccco3)ccn2)cc1. The van der Waals surface area contributed by atoms with Crippen molar-refractivity contribution in [2.45, 2.75) is 13.1 Å². The first-order valence-electron chi connectivity index (χ1n) is 7.88. The molecule has 0 saturated carbocycles. The average Bonchev–Trinajstić information content (AvgIpc) is 3.19. The molecule has 0 fully saturated rings. The third-order valence-electron chi connectivity index (χ3n) is 3.66. The van der Waals surface area contributed by atoms with Gasteiger partial charge in [0.25, 0.3) is 5.91 Å². The molecule has 25 heavy (non-hydrogen) atoms. The lowest BCUT2D eigenvalue weighted by Crippen LogP contribution is -2.22. The van der Waals surface area contributed by atoms with Gasteiger partial charge in [-0.05, 0) is 42.0 Å². The normalized spacial score (nSPS) is 10.3. The minimum atomic E-state index is -0.175. The van der Waals surface area contributed by atoms with E-state index in [1.165, 1.54) is 0 Å². The average molecular weight is 337 g/mol. The van der Waals surface area contributed by atoms with Crippen molar-refractivity contribution in [2.24, 2.45) is 0 Å². The number of carbonyl (C=O) groups excluding carboxylic acids is 1. The lowest BCUT2D eigenvalue weighted by molar-refractivity contribution is 0.0948. The minimum absolute atomic E-state index is 0.175. The van der Waals surface area contributed by atoms with Crippen molar-refractivity contribution in [2.75, 3.05) is 12.4 Å². The fourth-order valence-electron chi connectivity index (χ4n) is 2.29. The summed E-state index contributed by atoms with van der Waals surface area (Å²) in [4.78, 5) is 16.5. The van der Waals surface area contributed by atoms with Crippen LogP contribution in [-0.2, 0) is 13.1 Å². The fourth-order valence-corrected chi connectivity index (χ4v) is 2.29. The van der Waals surface area contributed by atoms with Gasteiger partial charge in [-0.2, -0.15) is 0 Å². The highest BCUT2D eigenvalue weighted by Gasteiger charge is 2.07. The molecule has 0 bridgehead atoms. The van der Waals surface area contributed by atoms with Gasteiger partial charge in [-0.25, -0.2) is 4.98 Å². The van der Waals surface area contributed by atoms with Gasteiger partial charge in [0.15, 0.2) is 0 Å². The van der Waals surface area contributed by atoms with Crippen LogP contribution in [0.4, 0.5) is 5.82 Å². The van der Waals surface area contributed by atoms with E-state index in [1.54, 1.807) is 37.8 Å². The predicted molar refractivity (Wildman–Crippen MR) is 94.4 cm³/mol. The maximum absolute atomic E-state index is 12.2.